The van der Waals surface area contributed by atoms with Gasteiger partial charge in [0.2, 0.25) is 5.91 Å². The molecule has 5 heteroatoms. The Morgan fingerprint density at radius 2 is 1.94 bits per heavy atom. The summed E-state index contributed by atoms with van der Waals surface area (Å²) < 4.78 is 26.3. The van der Waals surface area contributed by atoms with Crippen molar-refractivity contribution >= 4 is 5.91 Å². The van der Waals surface area contributed by atoms with E-state index < -0.39 is 17.2 Å². The molecular formula is C13H16F2N2O. The molecule has 0 spiro atoms. The zero-order chi connectivity index (χ0) is 13.2. The number of rotatable bonds is 2. The van der Waals surface area contributed by atoms with Crippen LogP contribution in [-0.2, 0) is 10.3 Å². The highest BCUT2D eigenvalue weighted by Crippen LogP contribution is 2.31. The van der Waals surface area contributed by atoms with Crippen molar-refractivity contribution in [2.45, 2.75) is 25.3 Å². The van der Waals surface area contributed by atoms with Crippen molar-refractivity contribution in [3.63, 3.8) is 0 Å². The van der Waals surface area contributed by atoms with Gasteiger partial charge in [-0.1, -0.05) is 6.07 Å². The number of piperidine rings is 1. The zero-order valence-corrected chi connectivity index (χ0v) is 10.2. The number of amides is 1. The van der Waals surface area contributed by atoms with Gasteiger partial charge in [0.15, 0.2) is 11.6 Å². The summed E-state index contributed by atoms with van der Waals surface area (Å²) in [6.45, 7) is 2.90. The standard InChI is InChI=1S/C13H16F2N2O/c1-9(18)17-13(4-6-16-7-5-13)10-2-3-11(14)12(15)8-10/h2-3,8,16H,4-7H2,1H3,(H,17,18). The molecule has 0 atom stereocenters. The van der Waals surface area contributed by atoms with E-state index in [0.717, 1.165) is 19.2 Å². The van der Waals surface area contributed by atoms with Gasteiger partial charge in [-0.05, 0) is 43.6 Å². The SMILES string of the molecule is CC(=O)NC1(c2ccc(F)c(F)c2)CCNCC1. The highest BCUT2D eigenvalue weighted by molar-refractivity contribution is 5.74. The van der Waals surface area contributed by atoms with Gasteiger partial charge in [0.1, 0.15) is 0 Å². The van der Waals surface area contributed by atoms with E-state index in [1.807, 2.05) is 0 Å². The first-order valence-corrected chi connectivity index (χ1v) is 5.98. The molecule has 1 aromatic rings. The lowest BCUT2D eigenvalue weighted by atomic mass is 9.81. The number of halogens is 2. The number of carbonyl (C=O) groups excluding carboxylic acids is 1. The van der Waals surface area contributed by atoms with Crippen LogP contribution in [0.1, 0.15) is 25.3 Å². The average molecular weight is 254 g/mol. The molecule has 2 N–H and O–H groups in total. The molecular weight excluding hydrogens is 238 g/mol. The minimum Gasteiger partial charge on any atom is -0.347 e. The molecule has 0 radical (unpaired) electrons. The van der Waals surface area contributed by atoms with Crippen LogP contribution in [0.3, 0.4) is 0 Å². The van der Waals surface area contributed by atoms with Crippen LogP contribution >= 0.6 is 0 Å². The molecule has 0 aliphatic carbocycles. The van der Waals surface area contributed by atoms with Crippen molar-refractivity contribution < 1.29 is 13.6 Å². The van der Waals surface area contributed by atoms with Gasteiger partial charge in [0, 0.05) is 6.92 Å². The minimum atomic E-state index is -0.879. The van der Waals surface area contributed by atoms with E-state index in [4.69, 9.17) is 0 Å². The number of nitrogens with one attached hydrogen (secondary N) is 2. The summed E-state index contributed by atoms with van der Waals surface area (Å²) in [5.74, 6) is -1.91. The second-order valence-corrected chi connectivity index (χ2v) is 4.64. The first kappa shape index (κ1) is 13.0. The Labute approximate surface area is 105 Å². The molecule has 1 aliphatic rings. The first-order chi connectivity index (χ1) is 8.53. The maximum Gasteiger partial charge on any atom is 0.217 e. The molecule has 1 fully saturated rings. The summed E-state index contributed by atoms with van der Waals surface area (Å²) in [6.07, 6.45) is 1.33. The van der Waals surface area contributed by atoms with Gasteiger partial charge < -0.3 is 10.6 Å². The molecule has 1 aliphatic heterocycles. The molecule has 98 valence electrons. The van der Waals surface area contributed by atoms with Crippen molar-refractivity contribution in [3.05, 3.63) is 35.4 Å². The topological polar surface area (TPSA) is 41.1 Å². The highest BCUT2D eigenvalue weighted by atomic mass is 19.2. The smallest absolute Gasteiger partial charge is 0.217 e. The van der Waals surface area contributed by atoms with Gasteiger partial charge in [-0.25, -0.2) is 8.78 Å². The molecule has 1 saturated heterocycles. The summed E-state index contributed by atoms with van der Waals surface area (Å²) in [5, 5.41) is 6.08. The van der Waals surface area contributed by atoms with E-state index in [1.54, 1.807) is 6.07 Å². The molecule has 0 saturated carbocycles. The predicted molar refractivity (Wildman–Crippen MR) is 64.0 cm³/mol. The molecule has 1 heterocycles. The summed E-state index contributed by atoms with van der Waals surface area (Å²) in [7, 11) is 0. The van der Waals surface area contributed by atoms with Crippen LogP contribution in [0.25, 0.3) is 0 Å². The second-order valence-electron chi connectivity index (χ2n) is 4.64. The van der Waals surface area contributed by atoms with E-state index in [-0.39, 0.29) is 5.91 Å². The molecule has 1 amide bonds. The lowest BCUT2D eigenvalue weighted by Gasteiger charge is -2.38. The molecule has 2 rings (SSSR count). The van der Waals surface area contributed by atoms with Gasteiger partial charge in [-0.3, -0.25) is 4.79 Å². The molecule has 0 unspecified atom stereocenters. The van der Waals surface area contributed by atoms with E-state index in [2.05, 4.69) is 10.6 Å². The zero-order valence-electron chi connectivity index (χ0n) is 10.2. The van der Waals surface area contributed by atoms with Gasteiger partial charge in [0.25, 0.3) is 0 Å². The Morgan fingerprint density at radius 1 is 1.28 bits per heavy atom. The quantitative estimate of drug-likeness (QED) is 0.843. The van der Waals surface area contributed by atoms with Crippen LogP contribution in [0.2, 0.25) is 0 Å². The number of hydrogen-bond donors (Lipinski definition) is 2. The van der Waals surface area contributed by atoms with Crippen LogP contribution < -0.4 is 10.6 Å². The fraction of sp³-hybridized carbons (Fsp3) is 0.462. The van der Waals surface area contributed by atoms with Crippen molar-refractivity contribution in [2.24, 2.45) is 0 Å². The van der Waals surface area contributed by atoms with Crippen LogP contribution in [0.5, 0.6) is 0 Å². The summed E-state index contributed by atoms with van der Waals surface area (Å²) in [5.41, 5.74) is 0.0316. The molecule has 0 aromatic heterocycles. The van der Waals surface area contributed by atoms with Gasteiger partial charge in [-0.15, -0.1) is 0 Å². The Morgan fingerprint density at radius 3 is 2.50 bits per heavy atom. The van der Waals surface area contributed by atoms with Crippen LogP contribution in [0, 0.1) is 11.6 Å². The third-order valence-electron chi connectivity index (χ3n) is 3.34. The van der Waals surface area contributed by atoms with E-state index in [9.17, 15) is 13.6 Å². The highest BCUT2D eigenvalue weighted by Gasteiger charge is 2.35. The van der Waals surface area contributed by atoms with Gasteiger partial charge in [-0.2, -0.15) is 0 Å². The summed E-state index contributed by atoms with van der Waals surface area (Å²) >= 11 is 0. The Balaban J connectivity index is 2.38. The average Bonchev–Trinajstić information content (AvgIpc) is 2.33. The van der Waals surface area contributed by atoms with Gasteiger partial charge >= 0.3 is 0 Å². The fourth-order valence-corrected chi connectivity index (χ4v) is 2.47. The predicted octanol–water partition coefficient (Wildman–Crippen LogP) is 1.68. The van der Waals surface area contributed by atoms with E-state index >= 15 is 0 Å². The third-order valence-corrected chi connectivity index (χ3v) is 3.34. The second kappa shape index (κ2) is 5.02. The van der Waals surface area contributed by atoms with Crippen molar-refractivity contribution in [1.82, 2.24) is 10.6 Å². The van der Waals surface area contributed by atoms with Crippen LogP contribution in [0.15, 0.2) is 18.2 Å². The van der Waals surface area contributed by atoms with Crippen molar-refractivity contribution in [1.29, 1.82) is 0 Å². The molecule has 1 aromatic carbocycles. The van der Waals surface area contributed by atoms with Crippen molar-refractivity contribution in [3.8, 4) is 0 Å². The maximum atomic E-state index is 13.3. The maximum absolute atomic E-state index is 13.3. The lowest BCUT2D eigenvalue weighted by Crippen LogP contribution is -2.51. The monoisotopic (exact) mass is 254 g/mol. The normalized spacial score (nSPS) is 18.4. The Hall–Kier alpha value is -1.49. The molecule has 3 nitrogen and oxygen atoms in total. The third kappa shape index (κ3) is 2.51. The van der Waals surface area contributed by atoms with E-state index in [1.165, 1.54) is 13.0 Å². The number of benzene rings is 1. The van der Waals surface area contributed by atoms with Crippen LogP contribution in [-0.4, -0.2) is 19.0 Å². The fourth-order valence-electron chi connectivity index (χ4n) is 2.47. The molecule has 18 heavy (non-hydrogen) atoms. The summed E-state index contributed by atoms with van der Waals surface area (Å²) in [6, 6.07) is 3.83. The van der Waals surface area contributed by atoms with Gasteiger partial charge in [0.05, 0.1) is 5.54 Å². The largest absolute Gasteiger partial charge is 0.347 e. The first-order valence-electron chi connectivity index (χ1n) is 5.98. The lowest BCUT2D eigenvalue weighted by molar-refractivity contribution is -0.121. The number of carbonyl (C=O) groups is 1. The van der Waals surface area contributed by atoms with E-state index in [0.29, 0.717) is 18.4 Å². The Kier molecular flexibility index (Phi) is 3.61. The minimum absolute atomic E-state index is 0.165. The molecule has 0 bridgehead atoms. The summed E-state index contributed by atoms with van der Waals surface area (Å²) in [4.78, 5) is 11.3. The Bertz CT molecular complexity index is 456. The van der Waals surface area contributed by atoms with Crippen molar-refractivity contribution in [2.75, 3.05) is 13.1 Å². The van der Waals surface area contributed by atoms with Crippen LogP contribution in [0.4, 0.5) is 8.78 Å². The number of hydrogen-bond acceptors (Lipinski definition) is 2.